The Balaban J connectivity index is 1.90. The molecule has 120 valence electrons. The number of rotatable bonds is 4. The highest BCUT2D eigenvalue weighted by atomic mass is 35.5. The molecule has 0 aliphatic carbocycles. The number of imide groups is 1. The highest BCUT2D eigenvalue weighted by molar-refractivity contribution is 6.30. The fourth-order valence-electron chi connectivity index (χ4n) is 1.81. The number of aryl methyl sites for hydroxylation is 1. The molecule has 0 aliphatic heterocycles. The summed E-state index contributed by atoms with van der Waals surface area (Å²) in [5.41, 5.74) is 0.163. The Morgan fingerprint density at radius 1 is 1.30 bits per heavy atom. The highest BCUT2D eigenvalue weighted by Gasteiger charge is 2.17. The van der Waals surface area contributed by atoms with Gasteiger partial charge in [-0.25, -0.2) is 4.79 Å². The third-order valence-electron chi connectivity index (χ3n) is 2.94. The summed E-state index contributed by atoms with van der Waals surface area (Å²) in [5.74, 6) is -2.64. The first-order valence-electron chi connectivity index (χ1n) is 6.49. The van der Waals surface area contributed by atoms with Crippen LogP contribution in [-0.4, -0.2) is 34.1 Å². The number of phenolic OH excluding ortho intramolecular Hbond substituents is 1. The molecule has 2 aromatic rings. The van der Waals surface area contributed by atoms with Crippen LogP contribution in [0.2, 0.25) is 5.02 Å². The SMILES string of the molecule is Cn1cccc1C(=O)NC(=O)COC(=O)c1ccc(Cl)cc1O. The van der Waals surface area contributed by atoms with E-state index < -0.39 is 24.4 Å². The molecule has 0 spiro atoms. The van der Waals surface area contributed by atoms with E-state index in [9.17, 15) is 19.5 Å². The smallest absolute Gasteiger partial charge is 0.342 e. The van der Waals surface area contributed by atoms with Crippen molar-refractivity contribution >= 4 is 29.4 Å². The minimum Gasteiger partial charge on any atom is -0.507 e. The summed E-state index contributed by atoms with van der Waals surface area (Å²) < 4.78 is 6.29. The molecule has 8 heteroatoms. The van der Waals surface area contributed by atoms with Crippen molar-refractivity contribution in [3.05, 3.63) is 52.8 Å². The third kappa shape index (κ3) is 4.10. The van der Waals surface area contributed by atoms with Gasteiger partial charge < -0.3 is 14.4 Å². The number of carbonyl (C=O) groups is 3. The number of ether oxygens (including phenoxy) is 1. The van der Waals surface area contributed by atoms with E-state index >= 15 is 0 Å². The van der Waals surface area contributed by atoms with Crippen molar-refractivity contribution in [3.8, 4) is 5.75 Å². The number of aromatic nitrogens is 1. The summed E-state index contributed by atoms with van der Waals surface area (Å²) in [7, 11) is 1.66. The van der Waals surface area contributed by atoms with E-state index in [0.29, 0.717) is 5.69 Å². The first-order valence-corrected chi connectivity index (χ1v) is 6.87. The lowest BCUT2D eigenvalue weighted by molar-refractivity contribution is -0.123. The Kier molecular flexibility index (Phi) is 5.02. The van der Waals surface area contributed by atoms with Gasteiger partial charge in [-0.1, -0.05) is 11.6 Å². The molecule has 1 aromatic heterocycles. The second kappa shape index (κ2) is 6.97. The van der Waals surface area contributed by atoms with Crippen molar-refractivity contribution in [2.75, 3.05) is 6.61 Å². The average Bonchev–Trinajstić information content (AvgIpc) is 2.91. The first-order chi connectivity index (χ1) is 10.9. The van der Waals surface area contributed by atoms with Crippen LogP contribution in [0.5, 0.6) is 5.75 Å². The van der Waals surface area contributed by atoms with Crippen LogP contribution in [0, 0.1) is 0 Å². The number of hydrogen-bond acceptors (Lipinski definition) is 5. The van der Waals surface area contributed by atoms with Crippen LogP contribution < -0.4 is 5.32 Å². The molecule has 0 saturated heterocycles. The zero-order valence-electron chi connectivity index (χ0n) is 12.1. The summed E-state index contributed by atoms with van der Waals surface area (Å²) in [6.45, 7) is -0.656. The van der Waals surface area contributed by atoms with Crippen molar-refractivity contribution in [1.29, 1.82) is 0 Å². The van der Waals surface area contributed by atoms with Gasteiger partial charge in [-0.15, -0.1) is 0 Å². The molecular weight excluding hydrogens is 324 g/mol. The molecule has 0 radical (unpaired) electrons. The third-order valence-corrected chi connectivity index (χ3v) is 3.18. The number of halogens is 1. The average molecular weight is 337 g/mol. The van der Waals surface area contributed by atoms with Gasteiger partial charge in [0.1, 0.15) is 17.0 Å². The summed E-state index contributed by atoms with van der Waals surface area (Å²) in [6, 6.07) is 7.05. The van der Waals surface area contributed by atoms with Gasteiger partial charge in [-0.05, 0) is 30.3 Å². The van der Waals surface area contributed by atoms with Gasteiger partial charge in [-0.2, -0.15) is 0 Å². The normalized spacial score (nSPS) is 10.2. The molecule has 1 heterocycles. The number of carbonyl (C=O) groups excluding carboxylic acids is 3. The van der Waals surface area contributed by atoms with Crippen LogP contribution >= 0.6 is 11.6 Å². The highest BCUT2D eigenvalue weighted by Crippen LogP contribution is 2.22. The minimum absolute atomic E-state index is 0.129. The van der Waals surface area contributed by atoms with E-state index in [2.05, 4.69) is 5.32 Å². The molecule has 0 fully saturated rings. The number of aromatic hydroxyl groups is 1. The van der Waals surface area contributed by atoms with Gasteiger partial charge >= 0.3 is 5.97 Å². The summed E-state index contributed by atoms with van der Waals surface area (Å²) in [6.07, 6.45) is 1.66. The Labute approximate surface area is 136 Å². The number of amides is 2. The predicted molar refractivity (Wildman–Crippen MR) is 81.3 cm³/mol. The van der Waals surface area contributed by atoms with Gasteiger partial charge in [0.2, 0.25) is 0 Å². The maximum absolute atomic E-state index is 11.8. The molecule has 1 aromatic carbocycles. The van der Waals surface area contributed by atoms with Crippen molar-refractivity contribution in [2.24, 2.45) is 7.05 Å². The van der Waals surface area contributed by atoms with E-state index in [0.717, 1.165) is 0 Å². The van der Waals surface area contributed by atoms with Crippen LogP contribution in [0.25, 0.3) is 0 Å². The number of hydrogen-bond donors (Lipinski definition) is 2. The molecule has 7 nitrogen and oxygen atoms in total. The van der Waals surface area contributed by atoms with Gasteiger partial charge in [-0.3, -0.25) is 14.9 Å². The maximum atomic E-state index is 11.8. The zero-order chi connectivity index (χ0) is 17.0. The predicted octanol–water partition coefficient (Wildman–Crippen LogP) is 1.50. The monoisotopic (exact) mass is 336 g/mol. The quantitative estimate of drug-likeness (QED) is 0.824. The van der Waals surface area contributed by atoms with Crippen molar-refractivity contribution < 1.29 is 24.2 Å². The number of esters is 1. The topological polar surface area (TPSA) is 97.6 Å². The fraction of sp³-hybridized carbons (Fsp3) is 0.133. The Hall–Kier alpha value is -2.80. The van der Waals surface area contributed by atoms with Crippen LogP contribution in [0.1, 0.15) is 20.8 Å². The number of nitrogens with one attached hydrogen (secondary N) is 1. The maximum Gasteiger partial charge on any atom is 0.342 e. The van der Waals surface area contributed by atoms with Gasteiger partial charge in [0.25, 0.3) is 11.8 Å². The first kappa shape index (κ1) is 16.6. The van der Waals surface area contributed by atoms with Crippen LogP contribution in [0.4, 0.5) is 0 Å². The second-order valence-electron chi connectivity index (χ2n) is 4.62. The van der Waals surface area contributed by atoms with E-state index in [-0.39, 0.29) is 16.3 Å². The van der Waals surface area contributed by atoms with Crippen molar-refractivity contribution in [1.82, 2.24) is 9.88 Å². The summed E-state index contributed by atoms with van der Waals surface area (Å²) >= 11 is 5.65. The van der Waals surface area contributed by atoms with Crippen molar-refractivity contribution in [2.45, 2.75) is 0 Å². The standard InChI is InChI=1S/C15H13ClN2O5/c1-18-6-2-3-11(18)14(21)17-13(20)8-23-15(22)10-5-4-9(16)7-12(10)19/h2-7,19H,8H2,1H3,(H,17,20,21). The number of phenols is 1. The second-order valence-corrected chi connectivity index (χ2v) is 5.06. The zero-order valence-corrected chi connectivity index (χ0v) is 12.8. The van der Waals surface area contributed by atoms with E-state index in [1.165, 1.54) is 18.2 Å². The van der Waals surface area contributed by atoms with Crippen molar-refractivity contribution in [3.63, 3.8) is 0 Å². The molecule has 2 N–H and O–H groups in total. The molecule has 23 heavy (non-hydrogen) atoms. The van der Waals surface area contributed by atoms with Crippen LogP contribution in [0.15, 0.2) is 36.5 Å². The molecule has 2 amide bonds. The van der Waals surface area contributed by atoms with Gasteiger partial charge in [0.05, 0.1) is 0 Å². The molecule has 0 bridgehead atoms. The molecular formula is C15H13ClN2O5. The van der Waals surface area contributed by atoms with E-state index in [1.807, 2.05) is 0 Å². The molecule has 0 atom stereocenters. The van der Waals surface area contributed by atoms with E-state index in [1.54, 1.807) is 29.9 Å². The van der Waals surface area contributed by atoms with Crippen LogP contribution in [0.3, 0.4) is 0 Å². The number of nitrogens with zero attached hydrogens (tertiary/aromatic N) is 1. The van der Waals surface area contributed by atoms with E-state index in [4.69, 9.17) is 16.3 Å². The lowest BCUT2D eigenvalue weighted by Gasteiger charge is -2.07. The molecule has 0 aliphatic rings. The molecule has 0 saturated carbocycles. The minimum atomic E-state index is -0.902. The Bertz CT molecular complexity index is 769. The summed E-state index contributed by atoms with van der Waals surface area (Å²) in [5, 5.41) is 11.9. The molecule has 2 rings (SSSR count). The Morgan fingerprint density at radius 3 is 2.65 bits per heavy atom. The Morgan fingerprint density at radius 2 is 2.04 bits per heavy atom. The van der Waals surface area contributed by atoms with Crippen LogP contribution in [-0.2, 0) is 16.6 Å². The fourth-order valence-corrected chi connectivity index (χ4v) is 1.98. The lowest BCUT2D eigenvalue weighted by Crippen LogP contribution is -2.35. The summed E-state index contributed by atoms with van der Waals surface area (Å²) in [4.78, 5) is 35.2. The largest absolute Gasteiger partial charge is 0.507 e. The van der Waals surface area contributed by atoms with Gasteiger partial charge in [0, 0.05) is 18.3 Å². The lowest BCUT2D eigenvalue weighted by atomic mass is 10.2. The van der Waals surface area contributed by atoms with Gasteiger partial charge in [0.15, 0.2) is 6.61 Å². The number of benzene rings is 1. The molecule has 0 unspecified atom stereocenters.